The molecule has 24 heavy (non-hydrogen) atoms. The topological polar surface area (TPSA) is 133 Å². The van der Waals surface area contributed by atoms with Crippen molar-refractivity contribution in [3.8, 4) is 5.82 Å². The zero-order valence-electron chi connectivity index (χ0n) is 13.6. The Balaban J connectivity index is 2.37. The first kappa shape index (κ1) is 17.8. The number of imidazole rings is 1. The van der Waals surface area contributed by atoms with Crippen LogP contribution in [0.2, 0.25) is 0 Å². The number of sulfone groups is 1. The quantitative estimate of drug-likeness (QED) is 0.576. The van der Waals surface area contributed by atoms with Crippen LogP contribution in [0.25, 0.3) is 5.82 Å². The van der Waals surface area contributed by atoms with Gasteiger partial charge in [0.15, 0.2) is 9.84 Å². The second kappa shape index (κ2) is 6.91. The summed E-state index contributed by atoms with van der Waals surface area (Å²) in [5, 5.41) is 14.1. The predicted octanol–water partition coefficient (Wildman–Crippen LogP) is 1.03. The summed E-state index contributed by atoms with van der Waals surface area (Å²) in [6, 6.07) is 0. The molecule has 11 heteroatoms. The first-order chi connectivity index (χ1) is 11.2. The molecule has 0 unspecified atom stereocenters. The van der Waals surface area contributed by atoms with Gasteiger partial charge in [0.1, 0.15) is 11.5 Å². The monoisotopic (exact) mass is 354 g/mol. The maximum atomic E-state index is 11.5. The molecule has 0 aliphatic heterocycles. The SMILES string of the molecule is CCS(=O)(=O)CCNc1nc(C)c([N+](=O)[O-])c(-n2ccnc2C)n1. The fourth-order valence-corrected chi connectivity index (χ4v) is 2.78. The van der Waals surface area contributed by atoms with Crippen LogP contribution in [0.5, 0.6) is 0 Å². The smallest absolute Gasteiger partial charge is 0.333 e. The van der Waals surface area contributed by atoms with Gasteiger partial charge in [-0.2, -0.15) is 4.98 Å². The summed E-state index contributed by atoms with van der Waals surface area (Å²) in [7, 11) is -3.12. The molecule has 0 saturated heterocycles. The molecule has 0 radical (unpaired) electrons. The van der Waals surface area contributed by atoms with Crippen molar-refractivity contribution in [1.82, 2.24) is 19.5 Å². The van der Waals surface area contributed by atoms with Gasteiger partial charge in [0.25, 0.3) is 0 Å². The summed E-state index contributed by atoms with van der Waals surface area (Å²) in [6.07, 6.45) is 3.08. The van der Waals surface area contributed by atoms with Crippen molar-refractivity contribution >= 4 is 21.5 Å². The van der Waals surface area contributed by atoms with E-state index >= 15 is 0 Å². The van der Waals surface area contributed by atoms with E-state index in [-0.39, 0.29) is 41.2 Å². The van der Waals surface area contributed by atoms with Gasteiger partial charge in [-0.1, -0.05) is 6.92 Å². The number of nitro groups is 1. The maximum absolute atomic E-state index is 11.5. The van der Waals surface area contributed by atoms with Crippen LogP contribution < -0.4 is 5.32 Å². The van der Waals surface area contributed by atoms with Gasteiger partial charge >= 0.3 is 5.69 Å². The van der Waals surface area contributed by atoms with Gasteiger partial charge in [-0.15, -0.1) is 0 Å². The Hall–Kier alpha value is -2.56. The van der Waals surface area contributed by atoms with Crippen molar-refractivity contribution in [1.29, 1.82) is 0 Å². The van der Waals surface area contributed by atoms with Gasteiger partial charge in [-0.3, -0.25) is 14.7 Å². The number of aromatic nitrogens is 4. The highest BCUT2D eigenvalue weighted by Crippen LogP contribution is 2.26. The molecule has 2 heterocycles. The van der Waals surface area contributed by atoms with E-state index in [1.54, 1.807) is 20.0 Å². The van der Waals surface area contributed by atoms with E-state index in [9.17, 15) is 18.5 Å². The maximum Gasteiger partial charge on any atom is 0.333 e. The van der Waals surface area contributed by atoms with Crippen molar-refractivity contribution in [2.24, 2.45) is 0 Å². The Kier molecular flexibility index (Phi) is 5.12. The second-order valence-electron chi connectivity index (χ2n) is 5.07. The summed E-state index contributed by atoms with van der Waals surface area (Å²) in [5.74, 6) is 0.739. The molecule has 0 aliphatic carbocycles. The molecule has 0 spiro atoms. The lowest BCUT2D eigenvalue weighted by Gasteiger charge is -2.10. The van der Waals surface area contributed by atoms with Gasteiger partial charge in [0.05, 0.1) is 10.7 Å². The van der Waals surface area contributed by atoms with Crippen LogP contribution >= 0.6 is 0 Å². The molecule has 1 N–H and O–H groups in total. The van der Waals surface area contributed by atoms with Crippen LogP contribution in [0, 0.1) is 24.0 Å². The highest BCUT2D eigenvalue weighted by atomic mass is 32.2. The molecule has 2 rings (SSSR count). The van der Waals surface area contributed by atoms with Crippen molar-refractivity contribution in [3.05, 3.63) is 34.0 Å². The van der Waals surface area contributed by atoms with Crippen LogP contribution in [0.3, 0.4) is 0 Å². The molecule has 10 nitrogen and oxygen atoms in total. The highest BCUT2D eigenvalue weighted by molar-refractivity contribution is 7.91. The minimum atomic E-state index is -3.12. The number of nitrogens with one attached hydrogen (secondary N) is 1. The lowest BCUT2D eigenvalue weighted by molar-refractivity contribution is -0.385. The predicted molar refractivity (Wildman–Crippen MR) is 88.1 cm³/mol. The minimum Gasteiger partial charge on any atom is -0.353 e. The van der Waals surface area contributed by atoms with Gasteiger partial charge in [0, 0.05) is 24.7 Å². The molecule has 0 aromatic carbocycles. The third-order valence-corrected chi connectivity index (χ3v) is 5.12. The molecule has 0 aliphatic rings. The Morgan fingerprint density at radius 2 is 2.04 bits per heavy atom. The molecule has 0 bridgehead atoms. The fourth-order valence-electron chi connectivity index (χ4n) is 2.08. The Labute approximate surface area is 139 Å². The van der Waals surface area contributed by atoms with Crippen molar-refractivity contribution < 1.29 is 13.3 Å². The van der Waals surface area contributed by atoms with E-state index in [1.165, 1.54) is 17.7 Å². The van der Waals surface area contributed by atoms with Crippen LogP contribution in [0.1, 0.15) is 18.4 Å². The van der Waals surface area contributed by atoms with Gasteiger partial charge in [-0.25, -0.2) is 18.4 Å². The molecule has 0 atom stereocenters. The third-order valence-electron chi connectivity index (χ3n) is 3.41. The molecule has 130 valence electrons. The van der Waals surface area contributed by atoms with E-state index in [4.69, 9.17) is 0 Å². The van der Waals surface area contributed by atoms with E-state index in [0.29, 0.717) is 5.82 Å². The molecule has 2 aromatic rings. The fraction of sp³-hybridized carbons (Fsp3) is 0.462. The summed E-state index contributed by atoms with van der Waals surface area (Å²) >= 11 is 0. The Bertz CT molecular complexity index is 861. The Morgan fingerprint density at radius 1 is 1.33 bits per heavy atom. The summed E-state index contributed by atoms with van der Waals surface area (Å²) in [5.41, 5.74) is -0.0400. The van der Waals surface area contributed by atoms with Crippen LogP contribution in [-0.2, 0) is 9.84 Å². The molecule has 0 fully saturated rings. The molecular formula is C13H18N6O4S. The first-order valence-corrected chi connectivity index (χ1v) is 9.05. The molecule has 2 aromatic heterocycles. The van der Waals surface area contributed by atoms with Crippen molar-refractivity contribution in [2.45, 2.75) is 20.8 Å². The molecular weight excluding hydrogens is 336 g/mol. The van der Waals surface area contributed by atoms with E-state index < -0.39 is 14.8 Å². The summed E-state index contributed by atoms with van der Waals surface area (Å²) in [6.45, 7) is 4.89. The zero-order valence-corrected chi connectivity index (χ0v) is 14.4. The summed E-state index contributed by atoms with van der Waals surface area (Å²) < 4.78 is 24.5. The zero-order chi connectivity index (χ0) is 17.9. The van der Waals surface area contributed by atoms with Crippen LogP contribution in [0.4, 0.5) is 11.6 Å². The van der Waals surface area contributed by atoms with E-state index in [2.05, 4.69) is 20.3 Å². The Morgan fingerprint density at radius 3 is 2.58 bits per heavy atom. The second-order valence-corrected chi connectivity index (χ2v) is 7.54. The number of aryl methyl sites for hydroxylation is 2. The number of hydrogen-bond donors (Lipinski definition) is 1. The standard InChI is InChI=1S/C13H18N6O4S/c1-4-24(22,23)8-6-15-13-16-9(2)11(19(20)21)12(17-13)18-7-5-14-10(18)3/h5,7H,4,6,8H2,1-3H3,(H,15,16,17). The normalized spacial score (nSPS) is 11.5. The minimum absolute atomic E-state index is 0.0499. The lowest BCUT2D eigenvalue weighted by Crippen LogP contribution is -2.19. The number of anilines is 1. The van der Waals surface area contributed by atoms with Crippen molar-refractivity contribution in [2.75, 3.05) is 23.4 Å². The number of rotatable bonds is 7. The molecule has 0 amide bonds. The van der Waals surface area contributed by atoms with Gasteiger partial charge < -0.3 is 5.32 Å². The summed E-state index contributed by atoms with van der Waals surface area (Å²) in [4.78, 5) is 23.0. The average molecular weight is 354 g/mol. The average Bonchev–Trinajstić information content (AvgIpc) is 2.92. The third kappa shape index (κ3) is 3.85. The van der Waals surface area contributed by atoms with E-state index in [0.717, 1.165) is 0 Å². The number of nitrogens with zero attached hydrogens (tertiary/aromatic N) is 5. The van der Waals surface area contributed by atoms with Crippen LogP contribution in [-0.4, -0.2) is 50.9 Å². The van der Waals surface area contributed by atoms with Gasteiger partial charge in [0.2, 0.25) is 11.8 Å². The number of hydrogen-bond acceptors (Lipinski definition) is 8. The van der Waals surface area contributed by atoms with Crippen molar-refractivity contribution in [3.63, 3.8) is 0 Å². The molecule has 0 saturated carbocycles. The van der Waals surface area contributed by atoms with E-state index in [1.807, 2.05) is 0 Å². The largest absolute Gasteiger partial charge is 0.353 e. The van der Waals surface area contributed by atoms with Crippen LogP contribution in [0.15, 0.2) is 12.4 Å². The van der Waals surface area contributed by atoms with Gasteiger partial charge in [-0.05, 0) is 13.8 Å². The lowest BCUT2D eigenvalue weighted by atomic mass is 10.3. The first-order valence-electron chi connectivity index (χ1n) is 7.23. The highest BCUT2D eigenvalue weighted by Gasteiger charge is 2.24.